The van der Waals surface area contributed by atoms with Gasteiger partial charge in [-0.05, 0) is 42.5 Å². The van der Waals surface area contributed by atoms with Crippen molar-refractivity contribution in [3.05, 3.63) is 58.1 Å². The van der Waals surface area contributed by atoms with Crippen LogP contribution < -0.4 is 10.0 Å². The molecule has 7 nitrogen and oxygen atoms in total. The average molecular weight is 417 g/mol. The Bertz CT molecular complexity index is 930. The van der Waals surface area contributed by atoms with E-state index >= 15 is 0 Å². The van der Waals surface area contributed by atoms with E-state index in [9.17, 15) is 18.0 Å². The summed E-state index contributed by atoms with van der Waals surface area (Å²) in [6.07, 6.45) is -0.324. The second-order valence-corrected chi connectivity index (χ2v) is 7.75. The lowest BCUT2D eigenvalue weighted by Crippen LogP contribution is -2.26. The molecule has 0 fully saturated rings. The lowest BCUT2D eigenvalue weighted by Gasteiger charge is -2.09. The fourth-order valence-electron chi connectivity index (χ4n) is 1.97. The molecule has 0 aromatic heterocycles. The summed E-state index contributed by atoms with van der Waals surface area (Å²) in [5, 5.41) is 11.7. The molecule has 0 aliphatic heterocycles. The van der Waals surface area contributed by atoms with Crippen LogP contribution in [0, 0.1) is 0 Å². The quantitative estimate of drug-likeness (QED) is 0.641. The maximum Gasteiger partial charge on any atom is 0.304 e. The van der Waals surface area contributed by atoms with Crippen molar-refractivity contribution in [2.24, 2.45) is 0 Å². The molecule has 2 rings (SSSR count). The number of amides is 1. The number of nitrogens with one attached hydrogen (secondary N) is 2. The molecule has 2 aromatic carbocycles. The van der Waals surface area contributed by atoms with Gasteiger partial charge in [-0.1, -0.05) is 23.2 Å². The van der Waals surface area contributed by atoms with Crippen LogP contribution in [-0.2, 0) is 14.8 Å². The second kappa shape index (κ2) is 8.50. The first-order valence-electron chi connectivity index (χ1n) is 7.27. The number of hydrogen-bond acceptors (Lipinski definition) is 4. The number of aliphatic carboxylic acids is 1. The van der Waals surface area contributed by atoms with Gasteiger partial charge in [0, 0.05) is 17.3 Å². The maximum absolute atomic E-state index is 12.2. The van der Waals surface area contributed by atoms with Crippen molar-refractivity contribution in [1.82, 2.24) is 4.72 Å². The lowest BCUT2D eigenvalue weighted by molar-refractivity contribution is -0.136. The molecule has 0 unspecified atom stereocenters. The Hall–Kier alpha value is -2.13. The highest BCUT2D eigenvalue weighted by atomic mass is 35.5. The molecule has 0 atom stereocenters. The van der Waals surface area contributed by atoms with Crippen molar-refractivity contribution in [1.29, 1.82) is 0 Å². The van der Waals surface area contributed by atoms with Gasteiger partial charge in [0.25, 0.3) is 5.91 Å². The highest BCUT2D eigenvalue weighted by Crippen LogP contribution is 2.22. The predicted molar refractivity (Wildman–Crippen MR) is 98.3 cm³/mol. The summed E-state index contributed by atoms with van der Waals surface area (Å²) in [7, 11) is -3.83. The minimum atomic E-state index is -3.83. The van der Waals surface area contributed by atoms with Crippen LogP contribution in [0.1, 0.15) is 16.8 Å². The SMILES string of the molecule is O=C(O)CCNS(=O)(=O)c1ccc(NC(=O)c2ccc(Cl)cc2Cl)cc1. The Morgan fingerprint density at radius 3 is 2.27 bits per heavy atom. The second-order valence-electron chi connectivity index (χ2n) is 5.14. The smallest absolute Gasteiger partial charge is 0.304 e. The van der Waals surface area contributed by atoms with Gasteiger partial charge >= 0.3 is 5.97 Å². The molecule has 0 radical (unpaired) electrons. The zero-order chi connectivity index (χ0) is 19.3. The van der Waals surface area contributed by atoms with Gasteiger partial charge in [0.1, 0.15) is 0 Å². The number of hydrogen-bond donors (Lipinski definition) is 3. The molecule has 0 spiro atoms. The van der Waals surface area contributed by atoms with Crippen LogP contribution in [0.25, 0.3) is 0 Å². The van der Waals surface area contributed by atoms with Gasteiger partial charge in [0.2, 0.25) is 10.0 Å². The van der Waals surface area contributed by atoms with Crippen LogP contribution in [0.4, 0.5) is 5.69 Å². The Kier molecular flexibility index (Phi) is 6.60. The minimum absolute atomic E-state index is 0.0505. The molecule has 0 aliphatic carbocycles. The van der Waals surface area contributed by atoms with E-state index in [1.54, 1.807) is 0 Å². The minimum Gasteiger partial charge on any atom is -0.481 e. The number of anilines is 1. The Labute approximate surface area is 160 Å². The zero-order valence-electron chi connectivity index (χ0n) is 13.2. The summed E-state index contributed by atoms with van der Waals surface area (Å²) in [6, 6.07) is 9.85. The van der Waals surface area contributed by atoms with Gasteiger partial charge in [0.15, 0.2) is 0 Å². The van der Waals surface area contributed by atoms with Crippen LogP contribution in [-0.4, -0.2) is 31.9 Å². The standard InChI is InChI=1S/C16H14Cl2N2O5S/c17-10-1-6-13(14(18)9-10)16(23)20-11-2-4-12(5-3-11)26(24,25)19-8-7-15(21)22/h1-6,9,19H,7-8H2,(H,20,23)(H,21,22). The lowest BCUT2D eigenvalue weighted by atomic mass is 10.2. The van der Waals surface area contributed by atoms with Crippen molar-refractivity contribution in [3.63, 3.8) is 0 Å². The van der Waals surface area contributed by atoms with Gasteiger partial charge < -0.3 is 10.4 Å². The van der Waals surface area contributed by atoms with Gasteiger partial charge in [0.05, 0.1) is 21.9 Å². The molecule has 10 heteroatoms. The summed E-state index contributed by atoms with van der Waals surface area (Å²) in [4.78, 5) is 22.6. The third kappa shape index (κ3) is 5.43. The van der Waals surface area contributed by atoms with E-state index < -0.39 is 21.9 Å². The Morgan fingerprint density at radius 2 is 1.69 bits per heavy atom. The summed E-state index contributed by atoms with van der Waals surface area (Å²) in [6.45, 7) is -0.217. The van der Waals surface area contributed by atoms with Crippen molar-refractivity contribution in [2.75, 3.05) is 11.9 Å². The molecule has 2 aromatic rings. The van der Waals surface area contributed by atoms with E-state index in [1.165, 1.54) is 42.5 Å². The Morgan fingerprint density at radius 1 is 1.04 bits per heavy atom. The molecular formula is C16H14Cl2N2O5S. The van der Waals surface area contributed by atoms with E-state index in [0.29, 0.717) is 10.7 Å². The molecular weight excluding hydrogens is 403 g/mol. The summed E-state index contributed by atoms with van der Waals surface area (Å²) >= 11 is 11.8. The number of carboxylic acids is 1. The van der Waals surface area contributed by atoms with E-state index in [1.807, 2.05) is 0 Å². The molecule has 0 aliphatic rings. The van der Waals surface area contributed by atoms with E-state index in [0.717, 1.165) is 0 Å². The fraction of sp³-hybridized carbons (Fsp3) is 0.125. The van der Waals surface area contributed by atoms with Crippen LogP contribution >= 0.6 is 23.2 Å². The van der Waals surface area contributed by atoms with Crippen molar-refractivity contribution < 1.29 is 23.1 Å². The van der Waals surface area contributed by atoms with Crippen molar-refractivity contribution >= 4 is 50.8 Å². The number of halogens is 2. The first-order chi connectivity index (χ1) is 12.2. The molecule has 3 N–H and O–H groups in total. The molecule has 0 saturated carbocycles. The van der Waals surface area contributed by atoms with E-state index in [-0.39, 0.29) is 28.4 Å². The van der Waals surface area contributed by atoms with Gasteiger partial charge in [-0.25, -0.2) is 13.1 Å². The fourth-order valence-corrected chi connectivity index (χ4v) is 3.49. The van der Waals surface area contributed by atoms with E-state index in [2.05, 4.69) is 10.0 Å². The maximum atomic E-state index is 12.2. The van der Waals surface area contributed by atoms with Gasteiger partial charge in [-0.2, -0.15) is 0 Å². The van der Waals surface area contributed by atoms with E-state index in [4.69, 9.17) is 28.3 Å². The number of rotatable bonds is 7. The normalized spacial score (nSPS) is 11.2. The molecule has 1 amide bonds. The Balaban J connectivity index is 2.07. The third-order valence-electron chi connectivity index (χ3n) is 3.23. The largest absolute Gasteiger partial charge is 0.481 e. The number of benzene rings is 2. The van der Waals surface area contributed by atoms with Crippen LogP contribution in [0.15, 0.2) is 47.4 Å². The number of carbonyl (C=O) groups is 2. The van der Waals surface area contributed by atoms with Crippen LogP contribution in [0.3, 0.4) is 0 Å². The topological polar surface area (TPSA) is 113 Å². The van der Waals surface area contributed by atoms with Gasteiger partial charge in [-0.3, -0.25) is 9.59 Å². The zero-order valence-corrected chi connectivity index (χ0v) is 15.5. The average Bonchev–Trinajstić information content (AvgIpc) is 2.54. The highest BCUT2D eigenvalue weighted by molar-refractivity contribution is 7.89. The number of carbonyl (C=O) groups excluding carboxylic acids is 1. The molecule has 138 valence electrons. The highest BCUT2D eigenvalue weighted by Gasteiger charge is 2.15. The van der Waals surface area contributed by atoms with Crippen molar-refractivity contribution in [2.45, 2.75) is 11.3 Å². The van der Waals surface area contributed by atoms with Crippen LogP contribution in [0.5, 0.6) is 0 Å². The first kappa shape index (κ1) is 20.2. The molecule has 0 bridgehead atoms. The summed E-state index contributed by atoms with van der Waals surface area (Å²) in [5.74, 6) is -1.58. The number of carboxylic acid groups (broad SMARTS) is 1. The van der Waals surface area contributed by atoms with Gasteiger partial charge in [-0.15, -0.1) is 0 Å². The van der Waals surface area contributed by atoms with Crippen LogP contribution in [0.2, 0.25) is 10.0 Å². The first-order valence-corrected chi connectivity index (χ1v) is 9.51. The van der Waals surface area contributed by atoms with Crippen molar-refractivity contribution in [3.8, 4) is 0 Å². The molecule has 0 heterocycles. The molecule has 0 saturated heterocycles. The third-order valence-corrected chi connectivity index (χ3v) is 5.25. The summed E-state index contributed by atoms with van der Waals surface area (Å²) < 4.78 is 26.2. The predicted octanol–water partition coefficient (Wildman–Crippen LogP) is 3.00. The molecule has 26 heavy (non-hydrogen) atoms. The monoisotopic (exact) mass is 416 g/mol. The summed E-state index contributed by atoms with van der Waals surface area (Å²) in [5.41, 5.74) is 0.591. The number of sulfonamides is 1.